The highest BCUT2D eigenvalue weighted by molar-refractivity contribution is 5.91. The maximum atomic E-state index is 11.9. The molecule has 1 unspecified atom stereocenters. The second-order valence-corrected chi connectivity index (χ2v) is 4.34. The third-order valence-corrected chi connectivity index (χ3v) is 3.10. The van der Waals surface area contributed by atoms with Gasteiger partial charge in [-0.25, -0.2) is 4.79 Å². The van der Waals surface area contributed by atoms with Gasteiger partial charge in [0.05, 0.1) is 25.4 Å². The monoisotopic (exact) mass is 250 g/mol. The molecule has 0 aliphatic carbocycles. The standard InChI is InChI=1S/C13H18N2O3/c1-9-3-4-12(17-2)11(7-9)15-10(8-14)5-6-18-13(15)16/h3-4,7,10H,5-6,8,14H2,1-2H3. The molecule has 5 heteroatoms. The van der Waals surface area contributed by atoms with Crippen LogP contribution >= 0.6 is 0 Å². The molecule has 2 N–H and O–H groups in total. The summed E-state index contributed by atoms with van der Waals surface area (Å²) in [7, 11) is 1.58. The number of anilines is 1. The van der Waals surface area contributed by atoms with E-state index in [1.165, 1.54) is 0 Å². The Bertz CT molecular complexity index is 448. The Morgan fingerprint density at radius 3 is 3.00 bits per heavy atom. The van der Waals surface area contributed by atoms with E-state index in [1.54, 1.807) is 12.0 Å². The van der Waals surface area contributed by atoms with Crippen LogP contribution < -0.4 is 15.4 Å². The third kappa shape index (κ3) is 2.26. The lowest BCUT2D eigenvalue weighted by Crippen LogP contribution is -2.49. The van der Waals surface area contributed by atoms with Crippen LogP contribution in [-0.2, 0) is 4.74 Å². The van der Waals surface area contributed by atoms with Crippen LogP contribution in [0.15, 0.2) is 18.2 Å². The molecular formula is C13H18N2O3. The summed E-state index contributed by atoms with van der Waals surface area (Å²) in [5, 5.41) is 0. The van der Waals surface area contributed by atoms with E-state index >= 15 is 0 Å². The number of nitrogens with zero attached hydrogens (tertiary/aromatic N) is 1. The van der Waals surface area contributed by atoms with Gasteiger partial charge in [0.15, 0.2) is 0 Å². The molecule has 1 aromatic rings. The molecule has 5 nitrogen and oxygen atoms in total. The van der Waals surface area contributed by atoms with Crippen molar-refractivity contribution in [1.82, 2.24) is 0 Å². The molecule has 0 saturated carbocycles. The van der Waals surface area contributed by atoms with Crippen molar-refractivity contribution >= 4 is 11.8 Å². The van der Waals surface area contributed by atoms with Crippen LogP contribution in [0.5, 0.6) is 5.75 Å². The van der Waals surface area contributed by atoms with Crippen LogP contribution in [0, 0.1) is 6.92 Å². The number of ether oxygens (including phenoxy) is 2. The Balaban J connectivity index is 2.43. The number of nitrogens with two attached hydrogens (primary N) is 1. The summed E-state index contributed by atoms with van der Waals surface area (Å²) in [5.74, 6) is 0.651. The number of carbonyl (C=O) groups excluding carboxylic acids is 1. The number of benzene rings is 1. The SMILES string of the molecule is COc1ccc(C)cc1N1C(=O)OCCC1CN. The maximum Gasteiger partial charge on any atom is 0.414 e. The molecule has 1 aliphatic heterocycles. The lowest BCUT2D eigenvalue weighted by atomic mass is 10.1. The van der Waals surface area contributed by atoms with E-state index in [1.807, 2.05) is 25.1 Å². The summed E-state index contributed by atoms with van der Waals surface area (Å²) in [4.78, 5) is 13.5. The molecule has 98 valence electrons. The van der Waals surface area contributed by atoms with Crippen LogP contribution in [0.4, 0.5) is 10.5 Å². The fraction of sp³-hybridized carbons (Fsp3) is 0.462. The number of hydrogen-bond donors (Lipinski definition) is 1. The van der Waals surface area contributed by atoms with Crippen LogP contribution in [-0.4, -0.2) is 32.4 Å². The summed E-state index contributed by atoms with van der Waals surface area (Å²) in [5.41, 5.74) is 7.51. The first-order valence-corrected chi connectivity index (χ1v) is 5.98. The van der Waals surface area contributed by atoms with Gasteiger partial charge < -0.3 is 15.2 Å². The van der Waals surface area contributed by atoms with Gasteiger partial charge in [0, 0.05) is 13.0 Å². The zero-order valence-electron chi connectivity index (χ0n) is 10.7. The normalized spacial score (nSPS) is 19.6. The molecule has 0 bridgehead atoms. The first kappa shape index (κ1) is 12.7. The summed E-state index contributed by atoms with van der Waals surface area (Å²) in [6.07, 6.45) is 0.375. The highest BCUT2D eigenvalue weighted by atomic mass is 16.6. The molecule has 1 aromatic carbocycles. The number of amides is 1. The van der Waals surface area contributed by atoms with Gasteiger partial charge in [-0.2, -0.15) is 0 Å². The lowest BCUT2D eigenvalue weighted by Gasteiger charge is -2.35. The zero-order valence-corrected chi connectivity index (χ0v) is 10.7. The van der Waals surface area contributed by atoms with E-state index in [9.17, 15) is 4.79 Å². The van der Waals surface area contributed by atoms with Crippen LogP contribution in [0.1, 0.15) is 12.0 Å². The topological polar surface area (TPSA) is 64.8 Å². The van der Waals surface area contributed by atoms with E-state index in [0.29, 0.717) is 18.9 Å². The quantitative estimate of drug-likeness (QED) is 0.886. The number of methoxy groups -OCH3 is 1. The molecule has 1 amide bonds. The molecule has 1 saturated heterocycles. The largest absolute Gasteiger partial charge is 0.495 e. The molecule has 0 spiro atoms. The predicted molar refractivity (Wildman–Crippen MR) is 69.0 cm³/mol. The van der Waals surface area contributed by atoms with E-state index in [2.05, 4.69) is 0 Å². The van der Waals surface area contributed by atoms with E-state index in [-0.39, 0.29) is 12.1 Å². The molecule has 1 atom stereocenters. The minimum Gasteiger partial charge on any atom is -0.495 e. The van der Waals surface area contributed by atoms with E-state index in [0.717, 1.165) is 17.7 Å². The second kappa shape index (κ2) is 5.27. The average molecular weight is 250 g/mol. The Morgan fingerprint density at radius 1 is 1.56 bits per heavy atom. The van der Waals surface area contributed by atoms with Crippen molar-refractivity contribution in [3.63, 3.8) is 0 Å². The van der Waals surface area contributed by atoms with Gasteiger partial charge in [-0.3, -0.25) is 4.90 Å². The van der Waals surface area contributed by atoms with E-state index in [4.69, 9.17) is 15.2 Å². The molecule has 2 rings (SSSR count). The van der Waals surface area contributed by atoms with Crippen molar-refractivity contribution in [2.75, 3.05) is 25.2 Å². The summed E-state index contributed by atoms with van der Waals surface area (Å²) >= 11 is 0. The number of hydrogen-bond acceptors (Lipinski definition) is 4. The van der Waals surface area contributed by atoms with Crippen molar-refractivity contribution < 1.29 is 14.3 Å². The minimum absolute atomic E-state index is 0.0399. The van der Waals surface area contributed by atoms with Crippen molar-refractivity contribution in [3.8, 4) is 5.75 Å². The molecule has 0 aromatic heterocycles. The van der Waals surface area contributed by atoms with Gasteiger partial charge in [0.1, 0.15) is 5.75 Å². The first-order valence-electron chi connectivity index (χ1n) is 5.98. The number of carbonyl (C=O) groups is 1. The lowest BCUT2D eigenvalue weighted by molar-refractivity contribution is 0.129. The van der Waals surface area contributed by atoms with Crippen LogP contribution in [0.25, 0.3) is 0 Å². The third-order valence-electron chi connectivity index (χ3n) is 3.10. The Hall–Kier alpha value is -1.75. The fourth-order valence-corrected chi connectivity index (χ4v) is 2.14. The smallest absolute Gasteiger partial charge is 0.414 e. The van der Waals surface area contributed by atoms with Gasteiger partial charge in [-0.05, 0) is 24.6 Å². The zero-order chi connectivity index (χ0) is 13.1. The van der Waals surface area contributed by atoms with E-state index < -0.39 is 0 Å². The molecular weight excluding hydrogens is 232 g/mol. The molecule has 1 fully saturated rings. The number of aryl methyl sites for hydroxylation is 1. The fourth-order valence-electron chi connectivity index (χ4n) is 2.14. The number of cyclic esters (lactones) is 1. The molecule has 18 heavy (non-hydrogen) atoms. The molecule has 0 radical (unpaired) electrons. The highest BCUT2D eigenvalue weighted by Crippen LogP contribution is 2.33. The molecule has 1 aliphatic rings. The Labute approximate surface area is 106 Å². The predicted octanol–water partition coefficient (Wildman–Crippen LogP) is 1.68. The van der Waals surface area contributed by atoms with Crippen molar-refractivity contribution in [3.05, 3.63) is 23.8 Å². The minimum atomic E-state index is -0.361. The summed E-state index contributed by atoms with van der Waals surface area (Å²) in [6, 6.07) is 5.66. The molecule has 1 heterocycles. The summed E-state index contributed by atoms with van der Waals surface area (Å²) in [6.45, 7) is 2.80. The number of rotatable bonds is 3. The van der Waals surface area contributed by atoms with Crippen molar-refractivity contribution in [1.29, 1.82) is 0 Å². The Morgan fingerprint density at radius 2 is 2.33 bits per heavy atom. The van der Waals surface area contributed by atoms with Gasteiger partial charge in [0.25, 0.3) is 0 Å². The van der Waals surface area contributed by atoms with Crippen molar-refractivity contribution in [2.24, 2.45) is 5.73 Å². The van der Waals surface area contributed by atoms with Crippen LogP contribution in [0.2, 0.25) is 0 Å². The average Bonchev–Trinajstić information content (AvgIpc) is 2.38. The first-order chi connectivity index (χ1) is 8.67. The van der Waals surface area contributed by atoms with Crippen molar-refractivity contribution in [2.45, 2.75) is 19.4 Å². The van der Waals surface area contributed by atoms with Gasteiger partial charge in [-0.1, -0.05) is 6.07 Å². The highest BCUT2D eigenvalue weighted by Gasteiger charge is 2.31. The van der Waals surface area contributed by atoms with Crippen LogP contribution in [0.3, 0.4) is 0 Å². The van der Waals surface area contributed by atoms with Gasteiger partial charge >= 0.3 is 6.09 Å². The van der Waals surface area contributed by atoms with Gasteiger partial charge in [-0.15, -0.1) is 0 Å². The summed E-state index contributed by atoms with van der Waals surface area (Å²) < 4.78 is 10.4. The Kier molecular flexibility index (Phi) is 3.72. The van der Waals surface area contributed by atoms with Gasteiger partial charge in [0.2, 0.25) is 0 Å². The maximum absolute atomic E-state index is 11.9. The second-order valence-electron chi connectivity index (χ2n) is 4.34.